The lowest BCUT2D eigenvalue weighted by Crippen LogP contribution is -2.55. The summed E-state index contributed by atoms with van der Waals surface area (Å²) < 4.78 is 56.3. The Kier molecular flexibility index (Phi) is 9.37. The number of fused-ring (bicyclic) bond motifs is 1. The minimum Gasteiger partial charge on any atom is -0.347 e. The van der Waals surface area contributed by atoms with E-state index < -0.39 is 41.3 Å². The second kappa shape index (κ2) is 13.7. The summed E-state index contributed by atoms with van der Waals surface area (Å²) in [7, 11) is 0. The third-order valence-corrected chi connectivity index (χ3v) is 8.79. The van der Waals surface area contributed by atoms with Crippen molar-refractivity contribution in [1.29, 1.82) is 0 Å². The standard InChI is InChI=1S/C36H34F4N6O3/c1-3-45-34-30(28(43-46(34)27-11-5-4-6-12-27)20-41-32(47)22(2)21-44-17-8-18-44)29(23-13-15-26(37)16-14-23)31(35(45)49)42-33(48)24-9-7-10-25(19-24)36(38,39)40/h4-7,9-16,19,29,31H,2-3,8,17-18,20-21H2,1H3,(H,41,47)(H,42,48)/t29-,31-/m1/s1. The molecule has 49 heavy (non-hydrogen) atoms. The van der Waals surface area contributed by atoms with E-state index in [-0.39, 0.29) is 24.6 Å². The number of carbonyl (C=O) groups excluding carboxylic acids is 3. The Morgan fingerprint density at radius 2 is 1.71 bits per heavy atom. The molecule has 3 heterocycles. The van der Waals surface area contributed by atoms with Crippen LogP contribution < -0.4 is 15.5 Å². The van der Waals surface area contributed by atoms with E-state index in [9.17, 15) is 31.9 Å². The third kappa shape index (κ3) is 6.84. The molecule has 0 radical (unpaired) electrons. The van der Waals surface area contributed by atoms with Crippen LogP contribution in [0, 0.1) is 5.82 Å². The molecule has 1 aromatic heterocycles. The van der Waals surface area contributed by atoms with Gasteiger partial charge >= 0.3 is 6.18 Å². The Bertz CT molecular complexity index is 1890. The Labute approximate surface area is 280 Å². The van der Waals surface area contributed by atoms with Gasteiger partial charge in [-0.2, -0.15) is 18.3 Å². The summed E-state index contributed by atoms with van der Waals surface area (Å²) in [5, 5.41) is 10.5. The van der Waals surface area contributed by atoms with Gasteiger partial charge in [0.05, 0.1) is 23.5 Å². The molecule has 0 unspecified atom stereocenters. The summed E-state index contributed by atoms with van der Waals surface area (Å²) in [6, 6.07) is 17.1. The second-order valence-electron chi connectivity index (χ2n) is 12.0. The van der Waals surface area contributed by atoms with Gasteiger partial charge in [0, 0.05) is 35.7 Å². The van der Waals surface area contributed by atoms with Gasteiger partial charge < -0.3 is 10.6 Å². The summed E-state index contributed by atoms with van der Waals surface area (Å²) in [6.45, 7) is 7.95. The number of likely N-dealkylation sites (N-methyl/N-ethyl adjacent to an activating group) is 1. The van der Waals surface area contributed by atoms with Crippen LogP contribution in [0.5, 0.6) is 0 Å². The lowest BCUT2D eigenvalue weighted by atomic mass is 9.80. The van der Waals surface area contributed by atoms with Crippen molar-refractivity contribution in [2.75, 3.05) is 31.1 Å². The van der Waals surface area contributed by atoms with Crippen LogP contribution in [0.3, 0.4) is 0 Å². The maximum absolute atomic E-state index is 14.4. The van der Waals surface area contributed by atoms with E-state index in [1.165, 1.54) is 35.2 Å². The Morgan fingerprint density at radius 1 is 1.00 bits per heavy atom. The predicted molar refractivity (Wildman–Crippen MR) is 175 cm³/mol. The molecular weight excluding hydrogens is 640 g/mol. The molecule has 0 saturated carbocycles. The molecule has 2 aliphatic rings. The maximum atomic E-state index is 14.4. The topological polar surface area (TPSA) is 99.6 Å². The molecule has 2 N–H and O–H groups in total. The molecule has 9 nitrogen and oxygen atoms in total. The van der Waals surface area contributed by atoms with Crippen LogP contribution in [0.15, 0.2) is 91.0 Å². The molecule has 1 fully saturated rings. The number of halogens is 4. The number of anilines is 1. The van der Waals surface area contributed by atoms with E-state index in [2.05, 4.69) is 22.1 Å². The zero-order chi connectivity index (χ0) is 34.9. The Morgan fingerprint density at radius 3 is 2.35 bits per heavy atom. The molecule has 2 aliphatic heterocycles. The van der Waals surface area contributed by atoms with Gasteiger partial charge in [-0.05, 0) is 74.5 Å². The summed E-state index contributed by atoms with van der Waals surface area (Å²) in [5.41, 5.74) is 1.01. The number of hydrogen-bond acceptors (Lipinski definition) is 5. The predicted octanol–water partition coefficient (Wildman–Crippen LogP) is 5.21. The van der Waals surface area contributed by atoms with E-state index in [1.807, 2.05) is 6.07 Å². The average molecular weight is 675 g/mol. The molecule has 3 amide bonds. The van der Waals surface area contributed by atoms with Crippen LogP contribution in [0.25, 0.3) is 5.69 Å². The van der Waals surface area contributed by atoms with Gasteiger partial charge in [-0.1, -0.05) is 43.0 Å². The van der Waals surface area contributed by atoms with Crippen molar-refractivity contribution in [3.8, 4) is 5.69 Å². The summed E-state index contributed by atoms with van der Waals surface area (Å²) in [4.78, 5) is 44.7. The van der Waals surface area contributed by atoms with Gasteiger partial charge in [0.1, 0.15) is 17.7 Å². The lowest BCUT2D eigenvalue weighted by Gasteiger charge is -2.38. The normalized spacial score (nSPS) is 17.7. The molecule has 13 heteroatoms. The number of nitrogens with zero attached hydrogens (tertiary/aromatic N) is 4. The third-order valence-electron chi connectivity index (χ3n) is 8.79. The van der Waals surface area contributed by atoms with Crippen molar-refractivity contribution in [3.63, 3.8) is 0 Å². The fourth-order valence-corrected chi connectivity index (χ4v) is 6.22. The number of benzene rings is 3. The number of hydrogen-bond donors (Lipinski definition) is 2. The zero-order valence-corrected chi connectivity index (χ0v) is 26.6. The van der Waals surface area contributed by atoms with Crippen LogP contribution in [-0.4, -0.2) is 64.6 Å². The van der Waals surface area contributed by atoms with Gasteiger partial charge in [-0.3, -0.25) is 24.2 Å². The quantitative estimate of drug-likeness (QED) is 0.178. The molecule has 6 rings (SSSR count). The second-order valence-corrected chi connectivity index (χ2v) is 12.0. The molecule has 1 saturated heterocycles. The summed E-state index contributed by atoms with van der Waals surface area (Å²) in [6.07, 6.45) is -3.63. The summed E-state index contributed by atoms with van der Waals surface area (Å²) in [5.74, 6) is -2.92. The first kappa shape index (κ1) is 33.6. The zero-order valence-electron chi connectivity index (χ0n) is 26.6. The number of likely N-dealkylation sites (tertiary alicyclic amines) is 1. The van der Waals surface area contributed by atoms with Gasteiger partial charge in [-0.25, -0.2) is 9.07 Å². The lowest BCUT2D eigenvalue weighted by molar-refractivity contribution is -0.137. The van der Waals surface area contributed by atoms with Crippen molar-refractivity contribution in [2.45, 2.75) is 38.0 Å². The minimum atomic E-state index is -4.69. The fraction of sp³-hybridized carbons (Fsp3) is 0.278. The molecule has 0 bridgehead atoms. The summed E-state index contributed by atoms with van der Waals surface area (Å²) >= 11 is 0. The monoisotopic (exact) mass is 674 g/mol. The van der Waals surface area contributed by atoms with E-state index >= 15 is 0 Å². The largest absolute Gasteiger partial charge is 0.416 e. The highest BCUT2D eigenvalue weighted by Crippen LogP contribution is 2.44. The van der Waals surface area contributed by atoms with Crippen molar-refractivity contribution in [3.05, 3.63) is 125 Å². The van der Waals surface area contributed by atoms with Gasteiger partial charge in [0.15, 0.2) is 0 Å². The number of nitrogens with one attached hydrogen (secondary N) is 2. The molecule has 254 valence electrons. The van der Waals surface area contributed by atoms with E-state index in [0.717, 1.165) is 37.7 Å². The van der Waals surface area contributed by atoms with E-state index in [4.69, 9.17) is 5.10 Å². The van der Waals surface area contributed by atoms with E-state index in [0.29, 0.717) is 40.4 Å². The van der Waals surface area contributed by atoms with Crippen molar-refractivity contribution in [1.82, 2.24) is 25.3 Å². The highest BCUT2D eigenvalue weighted by atomic mass is 19.4. The minimum absolute atomic E-state index is 0.0717. The number of amides is 3. The van der Waals surface area contributed by atoms with Crippen LogP contribution in [0.1, 0.15) is 52.0 Å². The molecule has 0 aliphatic carbocycles. The van der Waals surface area contributed by atoms with E-state index in [1.54, 1.807) is 35.9 Å². The van der Waals surface area contributed by atoms with Gasteiger partial charge in [-0.15, -0.1) is 0 Å². The van der Waals surface area contributed by atoms with Crippen LogP contribution in [0.2, 0.25) is 0 Å². The Hall–Kier alpha value is -5.30. The first-order chi connectivity index (χ1) is 23.5. The van der Waals surface area contributed by atoms with Crippen LogP contribution in [-0.2, 0) is 22.3 Å². The molecule has 2 atom stereocenters. The van der Waals surface area contributed by atoms with Gasteiger partial charge in [0.25, 0.3) is 11.8 Å². The average Bonchev–Trinajstić information content (AvgIpc) is 3.44. The van der Waals surface area contributed by atoms with Crippen molar-refractivity contribution in [2.24, 2.45) is 0 Å². The first-order valence-corrected chi connectivity index (χ1v) is 15.9. The number of para-hydroxylation sites is 1. The maximum Gasteiger partial charge on any atom is 0.416 e. The Balaban J connectivity index is 1.46. The molecular formula is C36H34F4N6O3. The number of alkyl halides is 3. The number of carbonyl (C=O) groups is 3. The van der Waals surface area contributed by atoms with Crippen LogP contribution >= 0.6 is 0 Å². The molecule has 0 spiro atoms. The van der Waals surface area contributed by atoms with Gasteiger partial charge in [0.2, 0.25) is 5.91 Å². The fourth-order valence-electron chi connectivity index (χ4n) is 6.22. The highest BCUT2D eigenvalue weighted by Gasteiger charge is 2.46. The number of aromatic nitrogens is 2. The van der Waals surface area contributed by atoms with Crippen LogP contribution in [0.4, 0.5) is 23.4 Å². The SMILES string of the molecule is C=C(CN1CCC1)C(=O)NCc1nn(-c2ccccc2)c2c1[C@@H](c1ccc(F)cc1)[C@@H](NC(=O)c1cccc(C(F)(F)F)c1)C(=O)N2CC. The molecule has 4 aromatic rings. The smallest absolute Gasteiger partial charge is 0.347 e. The molecule has 3 aromatic carbocycles. The van der Waals surface area contributed by atoms with Crippen molar-refractivity contribution < 1.29 is 31.9 Å². The first-order valence-electron chi connectivity index (χ1n) is 15.9. The highest BCUT2D eigenvalue weighted by molar-refractivity contribution is 6.05. The number of rotatable bonds is 10. The van der Waals surface area contributed by atoms with Crippen molar-refractivity contribution >= 4 is 23.5 Å².